The molecule has 1 N–H and O–H groups in total. The molecule has 0 aliphatic carbocycles. The number of amides is 1. The zero-order valence-corrected chi connectivity index (χ0v) is 20.3. The minimum atomic E-state index is -3.80. The second kappa shape index (κ2) is 10.9. The Morgan fingerprint density at radius 3 is 2.24 bits per heavy atom. The molecule has 9 heteroatoms. The smallest absolute Gasteiger partial charge is 0.241 e. The van der Waals surface area contributed by atoms with Gasteiger partial charge < -0.3 is 19.5 Å². The van der Waals surface area contributed by atoms with Crippen LogP contribution in [0.25, 0.3) is 0 Å². The molecule has 3 rings (SSSR count). The quantitative estimate of drug-likeness (QED) is 0.465. The molecule has 0 saturated carbocycles. The molecular formula is C25H28N2O6S. The normalized spacial score (nSPS) is 11.9. The number of benzene rings is 3. The number of hydrogen-bond donors (Lipinski definition) is 1. The third-order valence-electron chi connectivity index (χ3n) is 5.07. The Kier molecular flexibility index (Phi) is 8.01. The SMILES string of the molecule is COc1ccc(OC)c([C@@H](C)NC(=O)CN(c2ccccc2Oc2ccccc2)S(C)(=O)=O)c1. The van der Waals surface area contributed by atoms with Gasteiger partial charge in [-0.2, -0.15) is 0 Å². The van der Waals surface area contributed by atoms with E-state index in [0.29, 0.717) is 28.6 Å². The zero-order valence-electron chi connectivity index (χ0n) is 19.5. The van der Waals surface area contributed by atoms with Crippen LogP contribution in [0.2, 0.25) is 0 Å². The molecule has 8 nitrogen and oxygen atoms in total. The summed E-state index contributed by atoms with van der Waals surface area (Å²) in [7, 11) is -0.718. The lowest BCUT2D eigenvalue weighted by molar-refractivity contribution is -0.120. The van der Waals surface area contributed by atoms with Crippen molar-refractivity contribution in [2.75, 3.05) is 31.3 Å². The summed E-state index contributed by atoms with van der Waals surface area (Å²) < 4.78 is 42.9. The highest BCUT2D eigenvalue weighted by Crippen LogP contribution is 2.34. The fourth-order valence-electron chi connectivity index (χ4n) is 3.42. The maximum Gasteiger partial charge on any atom is 0.241 e. The number of para-hydroxylation sites is 3. The van der Waals surface area contributed by atoms with Gasteiger partial charge >= 0.3 is 0 Å². The molecule has 0 heterocycles. The highest BCUT2D eigenvalue weighted by Gasteiger charge is 2.25. The summed E-state index contributed by atoms with van der Waals surface area (Å²) in [6, 6.07) is 20.5. The number of ether oxygens (including phenoxy) is 3. The predicted molar refractivity (Wildman–Crippen MR) is 131 cm³/mol. The Bertz CT molecular complexity index is 1230. The van der Waals surface area contributed by atoms with E-state index in [4.69, 9.17) is 14.2 Å². The highest BCUT2D eigenvalue weighted by atomic mass is 32.2. The molecule has 0 aliphatic rings. The van der Waals surface area contributed by atoms with Gasteiger partial charge in [0.25, 0.3) is 0 Å². The molecule has 0 aromatic heterocycles. The number of nitrogens with one attached hydrogen (secondary N) is 1. The largest absolute Gasteiger partial charge is 0.497 e. The summed E-state index contributed by atoms with van der Waals surface area (Å²) in [5.74, 6) is 1.56. The summed E-state index contributed by atoms with van der Waals surface area (Å²) in [4.78, 5) is 13.0. The summed E-state index contributed by atoms with van der Waals surface area (Å²) in [5.41, 5.74) is 0.963. The van der Waals surface area contributed by atoms with Crippen LogP contribution in [0, 0.1) is 0 Å². The van der Waals surface area contributed by atoms with Crippen molar-refractivity contribution in [3.05, 3.63) is 78.4 Å². The number of anilines is 1. The molecule has 3 aromatic rings. The van der Waals surface area contributed by atoms with Crippen LogP contribution >= 0.6 is 0 Å². The van der Waals surface area contributed by atoms with Crippen LogP contribution in [0.3, 0.4) is 0 Å². The molecule has 0 fully saturated rings. The fourth-order valence-corrected chi connectivity index (χ4v) is 4.28. The second-order valence-electron chi connectivity index (χ2n) is 7.55. The lowest BCUT2D eigenvalue weighted by atomic mass is 10.1. The Labute approximate surface area is 200 Å². The van der Waals surface area contributed by atoms with E-state index < -0.39 is 28.5 Å². The maximum absolute atomic E-state index is 13.0. The molecule has 0 unspecified atom stereocenters. The lowest BCUT2D eigenvalue weighted by Crippen LogP contribution is -2.41. The summed E-state index contributed by atoms with van der Waals surface area (Å²) in [5, 5.41) is 2.84. The zero-order chi connectivity index (χ0) is 24.7. The van der Waals surface area contributed by atoms with Crippen molar-refractivity contribution in [2.45, 2.75) is 13.0 Å². The van der Waals surface area contributed by atoms with E-state index in [0.717, 1.165) is 10.6 Å². The third kappa shape index (κ3) is 6.20. The van der Waals surface area contributed by atoms with Gasteiger partial charge in [0.1, 0.15) is 23.8 Å². The molecule has 0 aliphatic heterocycles. The van der Waals surface area contributed by atoms with Gasteiger partial charge in [-0.3, -0.25) is 9.10 Å². The van der Waals surface area contributed by atoms with Crippen molar-refractivity contribution < 1.29 is 27.4 Å². The van der Waals surface area contributed by atoms with Crippen LogP contribution in [-0.2, 0) is 14.8 Å². The standard InChI is InChI=1S/C25H28N2O6S/c1-18(21-16-20(31-2)14-15-23(21)32-3)26-25(28)17-27(34(4,29)30)22-12-8-9-13-24(22)33-19-10-6-5-7-11-19/h5-16,18H,17H2,1-4H3,(H,26,28)/t18-/m1/s1. The molecule has 180 valence electrons. The Balaban J connectivity index is 1.84. The molecule has 0 spiro atoms. The highest BCUT2D eigenvalue weighted by molar-refractivity contribution is 7.92. The molecule has 0 bridgehead atoms. The number of hydrogen-bond acceptors (Lipinski definition) is 6. The van der Waals surface area contributed by atoms with Gasteiger partial charge in [0, 0.05) is 5.56 Å². The predicted octanol–water partition coefficient (Wildman–Crippen LogP) is 4.14. The minimum absolute atomic E-state index is 0.260. The fraction of sp³-hybridized carbons (Fsp3) is 0.240. The molecule has 1 atom stereocenters. The Morgan fingerprint density at radius 1 is 0.912 bits per heavy atom. The molecule has 0 saturated heterocycles. The molecule has 34 heavy (non-hydrogen) atoms. The van der Waals surface area contributed by atoms with Gasteiger partial charge in [-0.15, -0.1) is 0 Å². The van der Waals surface area contributed by atoms with Gasteiger partial charge in [-0.05, 0) is 49.4 Å². The van der Waals surface area contributed by atoms with Crippen LogP contribution in [0.5, 0.6) is 23.0 Å². The van der Waals surface area contributed by atoms with Crippen molar-refractivity contribution in [1.82, 2.24) is 5.32 Å². The van der Waals surface area contributed by atoms with E-state index in [1.807, 2.05) is 18.2 Å². The van der Waals surface area contributed by atoms with E-state index in [1.54, 1.807) is 68.6 Å². The van der Waals surface area contributed by atoms with E-state index in [-0.39, 0.29) is 5.69 Å². The first kappa shape index (κ1) is 24.9. The van der Waals surface area contributed by atoms with E-state index in [2.05, 4.69) is 5.32 Å². The van der Waals surface area contributed by atoms with Crippen LogP contribution in [0.15, 0.2) is 72.8 Å². The number of carbonyl (C=O) groups excluding carboxylic acids is 1. The minimum Gasteiger partial charge on any atom is -0.497 e. The van der Waals surface area contributed by atoms with Crippen LogP contribution in [0.1, 0.15) is 18.5 Å². The number of nitrogens with zero attached hydrogens (tertiary/aromatic N) is 1. The molecule has 0 radical (unpaired) electrons. The molecular weight excluding hydrogens is 456 g/mol. The van der Waals surface area contributed by atoms with Gasteiger partial charge in [0.2, 0.25) is 15.9 Å². The lowest BCUT2D eigenvalue weighted by Gasteiger charge is -2.25. The van der Waals surface area contributed by atoms with Gasteiger partial charge in [0.05, 0.1) is 32.2 Å². The second-order valence-corrected chi connectivity index (χ2v) is 9.46. The van der Waals surface area contributed by atoms with Crippen LogP contribution in [-0.4, -0.2) is 41.3 Å². The summed E-state index contributed by atoms with van der Waals surface area (Å²) >= 11 is 0. The summed E-state index contributed by atoms with van der Waals surface area (Å²) in [6.45, 7) is 1.36. The van der Waals surface area contributed by atoms with Crippen molar-refractivity contribution in [3.8, 4) is 23.0 Å². The van der Waals surface area contributed by atoms with Crippen LogP contribution < -0.4 is 23.8 Å². The average molecular weight is 485 g/mol. The Hall–Kier alpha value is -3.72. The maximum atomic E-state index is 13.0. The molecule has 1 amide bonds. The van der Waals surface area contributed by atoms with Crippen molar-refractivity contribution >= 4 is 21.6 Å². The average Bonchev–Trinajstić information content (AvgIpc) is 2.82. The number of carbonyl (C=O) groups is 1. The number of methoxy groups -OCH3 is 2. The first-order valence-electron chi connectivity index (χ1n) is 10.5. The van der Waals surface area contributed by atoms with Crippen molar-refractivity contribution in [3.63, 3.8) is 0 Å². The van der Waals surface area contributed by atoms with Crippen molar-refractivity contribution in [2.24, 2.45) is 0 Å². The van der Waals surface area contributed by atoms with Crippen molar-refractivity contribution in [1.29, 1.82) is 0 Å². The van der Waals surface area contributed by atoms with Crippen LogP contribution in [0.4, 0.5) is 5.69 Å². The first-order valence-corrected chi connectivity index (χ1v) is 12.4. The van der Waals surface area contributed by atoms with Gasteiger partial charge in [-0.1, -0.05) is 30.3 Å². The summed E-state index contributed by atoms with van der Waals surface area (Å²) in [6.07, 6.45) is 1.05. The monoisotopic (exact) mass is 484 g/mol. The van der Waals surface area contributed by atoms with Gasteiger partial charge in [0.15, 0.2) is 5.75 Å². The number of sulfonamides is 1. The number of rotatable bonds is 10. The topological polar surface area (TPSA) is 94.2 Å². The Morgan fingerprint density at radius 2 is 1.59 bits per heavy atom. The third-order valence-corrected chi connectivity index (χ3v) is 6.20. The van der Waals surface area contributed by atoms with E-state index in [1.165, 1.54) is 7.11 Å². The molecule has 3 aromatic carbocycles. The van der Waals surface area contributed by atoms with E-state index >= 15 is 0 Å². The van der Waals surface area contributed by atoms with E-state index in [9.17, 15) is 13.2 Å². The van der Waals surface area contributed by atoms with Gasteiger partial charge in [-0.25, -0.2) is 8.42 Å². The first-order chi connectivity index (χ1) is 16.2.